The second-order valence-corrected chi connectivity index (χ2v) is 2.85. The number of hydrogen-bond donors (Lipinski definition) is 0. The Hall–Kier alpha value is -0.770. The number of amides is 1. The third kappa shape index (κ3) is 2.11. The van der Waals surface area contributed by atoms with Gasteiger partial charge in [0.2, 0.25) is 0 Å². The summed E-state index contributed by atoms with van der Waals surface area (Å²) in [5.41, 5.74) is 0. The maximum Gasteiger partial charge on any atom is 0.434 e. The molecule has 1 aliphatic heterocycles. The fourth-order valence-corrected chi connectivity index (χ4v) is 1.21. The number of hydrogen-bond acceptors (Lipinski definition) is 3. The van der Waals surface area contributed by atoms with E-state index in [0.717, 1.165) is 12.8 Å². The van der Waals surface area contributed by atoms with Crippen LogP contribution in [-0.4, -0.2) is 30.4 Å². The average Bonchev–Trinajstić information content (AvgIpc) is 2.05. The van der Waals surface area contributed by atoms with E-state index in [9.17, 15) is 4.79 Å². The second kappa shape index (κ2) is 4.30. The van der Waals surface area contributed by atoms with Gasteiger partial charge in [-0.25, -0.2) is 4.79 Å². The Morgan fingerprint density at radius 3 is 3.08 bits per heavy atom. The van der Waals surface area contributed by atoms with E-state index >= 15 is 0 Å². The van der Waals surface area contributed by atoms with Crippen LogP contribution in [0.25, 0.3) is 0 Å². The third-order valence-corrected chi connectivity index (χ3v) is 1.84. The second-order valence-electron chi connectivity index (χ2n) is 2.85. The highest BCUT2D eigenvalue weighted by Gasteiger charge is 2.25. The van der Waals surface area contributed by atoms with Crippen molar-refractivity contribution in [2.75, 3.05) is 13.2 Å². The summed E-state index contributed by atoms with van der Waals surface area (Å²) in [7, 11) is 0. The molecule has 1 fully saturated rings. The maximum atomic E-state index is 11.2. The lowest BCUT2D eigenvalue weighted by Crippen LogP contribution is -2.42. The van der Waals surface area contributed by atoms with E-state index in [0.29, 0.717) is 13.2 Å². The molecule has 0 N–H and O–H groups in total. The average molecular weight is 173 g/mol. The van der Waals surface area contributed by atoms with Gasteiger partial charge in [0.25, 0.3) is 0 Å². The van der Waals surface area contributed by atoms with Gasteiger partial charge in [0.1, 0.15) is 0 Å². The summed E-state index contributed by atoms with van der Waals surface area (Å²) in [4.78, 5) is 16.4. The van der Waals surface area contributed by atoms with E-state index in [2.05, 4.69) is 0 Å². The van der Waals surface area contributed by atoms with Crippen molar-refractivity contribution in [2.24, 2.45) is 0 Å². The molecule has 0 aliphatic carbocycles. The molecule has 0 aromatic heterocycles. The summed E-state index contributed by atoms with van der Waals surface area (Å²) in [5.74, 6) is 0. The van der Waals surface area contributed by atoms with E-state index in [1.807, 2.05) is 6.92 Å². The molecule has 12 heavy (non-hydrogen) atoms. The topological polar surface area (TPSA) is 38.8 Å². The van der Waals surface area contributed by atoms with Gasteiger partial charge in [-0.3, -0.25) is 4.84 Å². The molecule has 4 heteroatoms. The number of ether oxygens (including phenoxy) is 1. The zero-order valence-corrected chi connectivity index (χ0v) is 7.58. The van der Waals surface area contributed by atoms with Crippen LogP contribution in [0.4, 0.5) is 4.79 Å². The fourth-order valence-electron chi connectivity index (χ4n) is 1.21. The monoisotopic (exact) mass is 173 g/mol. The Labute approximate surface area is 72.4 Å². The molecule has 0 aromatic carbocycles. The molecule has 0 unspecified atom stereocenters. The molecular weight excluding hydrogens is 158 g/mol. The van der Waals surface area contributed by atoms with Gasteiger partial charge in [0, 0.05) is 0 Å². The van der Waals surface area contributed by atoms with Crippen molar-refractivity contribution in [3.05, 3.63) is 0 Å². The van der Waals surface area contributed by atoms with E-state index in [-0.39, 0.29) is 12.1 Å². The number of carbonyl (C=O) groups excluding carboxylic acids is 1. The molecule has 0 aromatic rings. The molecule has 1 atom stereocenters. The van der Waals surface area contributed by atoms with E-state index in [1.54, 1.807) is 6.92 Å². The Morgan fingerprint density at radius 1 is 1.75 bits per heavy atom. The van der Waals surface area contributed by atoms with Gasteiger partial charge in [-0.2, -0.15) is 5.06 Å². The number of nitrogens with zero attached hydrogens (tertiary/aromatic N) is 1. The van der Waals surface area contributed by atoms with Gasteiger partial charge < -0.3 is 4.74 Å². The Bertz CT molecular complexity index is 160. The van der Waals surface area contributed by atoms with Gasteiger partial charge in [0.15, 0.2) is 0 Å². The number of carbonyl (C=O) groups is 1. The molecule has 1 heterocycles. The molecule has 0 spiro atoms. The molecule has 4 nitrogen and oxygen atoms in total. The lowest BCUT2D eigenvalue weighted by molar-refractivity contribution is -0.181. The highest BCUT2D eigenvalue weighted by atomic mass is 16.7. The number of hydroxylamine groups is 2. The van der Waals surface area contributed by atoms with Gasteiger partial charge >= 0.3 is 6.09 Å². The lowest BCUT2D eigenvalue weighted by atomic mass is 10.2. The molecule has 1 amide bonds. The standard InChI is InChI=1S/C8H15NO3/c1-3-11-8(10)9-7(2)5-4-6-12-9/h7H,3-6H2,1-2H3/t7-/m1/s1. The normalized spacial score (nSPS) is 23.8. The van der Waals surface area contributed by atoms with Crippen molar-refractivity contribution in [3.63, 3.8) is 0 Å². The first-order valence-corrected chi connectivity index (χ1v) is 4.34. The van der Waals surface area contributed by atoms with Gasteiger partial charge in [-0.15, -0.1) is 0 Å². The SMILES string of the molecule is CCOC(=O)N1OCCC[C@H]1C. The van der Waals surface area contributed by atoms with Crippen molar-refractivity contribution >= 4 is 6.09 Å². The number of rotatable bonds is 1. The van der Waals surface area contributed by atoms with Crippen molar-refractivity contribution in [3.8, 4) is 0 Å². The predicted octanol–water partition coefficient (Wildman–Crippen LogP) is 1.56. The van der Waals surface area contributed by atoms with Crippen LogP contribution in [-0.2, 0) is 9.57 Å². The smallest absolute Gasteiger partial charge is 0.434 e. The summed E-state index contributed by atoms with van der Waals surface area (Å²) in [6.45, 7) is 4.75. The summed E-state index contributed by atoms with van der Waals surface area (Å²) >= 11 is 0. The van der Waals surface area contributed by atoms with Crippen LogP contribution in [0.2, 0.25) is 0 Å². The Kier molecular flexibility index (Phi) is 3.34. The van der Waals surface area contributed by atoms with Crippen molar-refractivity contribution in [1.82, 2.24) is 5.06 Å². The Morgan fingerprint density at radius 2 is 2.50 bits per heavy atom. The summed E-state index contributed by atoms with van der Waals surface area (Å²) in [6, 6.07) is 0.137. The van der Waals surface area contributed by atoms with Crippen molar-refractivity contribution in [2.45, 2.75) is 32.7 Å². The largest absolute Gasteiger partial charge is 0.448 e. The molecule has 70 valence electrons. The molecule has 0 saturated carbocycles. The quantitative estimate of drug-likeness (QED) is 0.604. The molecule has 1 saturated heterocycles. The fraction of sp³-hybridized carbons (Fsp3) is 0.875. The highest BCUT2D eigenvalue weighted by molar-refractivity contribution is 5.66. The molecule has 0 radical (unpaired) electrons. The highest BCUT2D eigenvalue weighted by Crippen LogP contribution is 2.14. The Balaban J connectivity index is 2.42. The predicted molar refractivity (Wildman–Crippen MR) is 43.5 cm³/mol. The lowest BCUT2D eigenvalue weighted by Gasteiger charge is -2.30. The minimum absolute atomic E-state index is 0.137. The van der Waals surface area contributed by atoms with Crippen LogP contribution in [0.3, 0.4) is 0 Å². The molecular formula is C8H15NO3. The van der Waals surface area contributed by atoms with Crippen LogP contribution >= 0.6 is 0 Å². The maximum absolute atomic E-state index is 11.2. The van der Waals surface area contributed by atoms with E-state index in [1.165, 1.54) is 5.06 Å². The van der Waals surface area contributed by atoms with Gasteiger partial charge in [-0.05, 0) is 26.7 Å². The minimum Gasteiger partial charge on any atom is -0.448 e. The van der Waals surface area contributed by atoms with E-state index < -0.39 is 0 Å². The van der Waals surface area contributed by atoms with Gasteiger partial charge in [-0.1, -0.05) is 0 Å². The summed E-state index contributed by atoms with van der Waals surface area (Å²) < 4.78 is 4.81. The molecule has 0 bridgehead atoms. The van der Waals surface area contributed by atoms with Crippen molar-refractivity contribution in [1.29, 1.82) is 0 Å². The van der Waals surface area contributed by atoms with Crippen LogP contribution in [0.1, 0.15) is 26.7 Å². The zero-order chi connectivity index (χ0) is 8.97. The first kappa shape index (κ1) is 9.32. The van der Waals surface area contributed by atoms with Crippen LogP contribution < -0.4 is 0 Å². The summed E-state index contributed by atoms with van der Waals surface area (Å²) in [6.07, 6.45) is 1.63. The first-order chi connectivity index (χ1) is 5.75. The molecule has 1 aliphatic rings. The van der Waals surface area contributed by atoms with E-state index in [4.69, 9.17) is 9.57 Å². The van der Waals surface area contributed by atoms with Crippen LogP contribution in [0.15, 0.2) is 0 Å². The van der Waals surface area contributed by atoms with Gasteiger partial charge in [0.05, 0.1) is 19.3 Å². The first-order valence-electron chi connectivity index (χ1n) is 4.34. The summed E-state index contributed by atoms with van der Waals surface area (Å²) in [5, 5.41) is 1.33. The third-order valence-electron chi connectivity index (χ3n) is 1.84. The zero-order valence-electron chi connectivity index (χ0n) is 7.58. The van der Waals surface area contributed by atoms with Crippen LogP contribution in [0, 0.1) is 0 Å². The van der Waals surface area contributed by atoms with Crippen LogP contribution in [0.5, 0.6) is 0 Å². The minimum atomic E-state index is -0.371. The van der Waals surface area contributed by atoms with Crippen molar-refractivity contribution < 1.29 is 14.4 Å². The molecule has 1 rings (SSSR count).